The third-order valence-electron chi connectivity index (χ3n) is 2.79. The van der Waals surface area contributed by atoms with Gasteiger partial charge in [-0.2, -0.15) is 0 Å². The van der Waals surface area contributed by atoms with E-state index in [2.05, 4.69) is 20.6 Å². The summed E-state index contributed by atoms with van der Waals surface area (Å²) in [5, 5.41) is 6.26. The summed E-state index contributed by atoms with van der Waals surface area (Å²) in [5.41, 5.74) is 0.984. The number of nitrogens with zero attached hydrogens (tertiary/aromatic N) is 2. The van der Waals surface area contributed by atoms with Gasteiger partial charge in [-0.05, 0) is 13.3 Å². The van der Waals surface area contributed by atoms with E-state index in [1.54, 1.807) is 6.92 Å². The molecule has 0 fully saturated rings. The molecule has 1 aromatic rings. The number of hydrogen-bond donors (Lipinski definition) is 2. The van der Waals surface area contributed by atoms with E-state index in [9.17, 15) is 8.42 Å². The molecule has 1 aromatic heterocycles. The van der Waals surface area contributed by atoms with E-state index in [-0.39, 0.29) is 11.5 Å². The molecule has 0 saturated heterocycles. The maximum absolute atomic E-state index is 11.4. The maximum atomic E-state index is 11.4. The molecule has 0 bridgehead atoms. The van der Waals surface area contributed by atoms with Crippen molar-refractivity contribution in [2.45, 2.75) is 27.2 Å². The number of sulfone groups is 1. The molecule has 19 heavy (non-hydrogen) atoms. The van der Waals surface area contributed by atoms with Crippen molar-refractivity contribution in [3.63, 3.8) is 0 Å². The summed E-state index contributed by atoms with van der Waals surface area (Å²) in [6.07, 6.45) is 2.26. The molecule has 0 aromatic carbocycles. The van der Waals surface area contributed by atoms with Crippen LogP contribution in [0.25, 0.3) is 0 Å². The Morgan fingerprint density at radius 2 is 1.74 bits per heavy atom. The van der Waals surface area contributed by atoms with Crippen LogP contribution in [-0.2, 0) is 16.3 Å². The lowest BCUT2D eigenvalue weighted by atomic mass is 10.2. The summed E-state index contributed by atoms with van der Waals surface area (Å²) in [7, 11) is -2.95. The smallest absolute Gasteiger partial charge is 0.151 e. The largest absolute Gasteiger partial charge is 0.370 e. The Hall–Kier alpha value is -1.37. The van der Waals surface area contributed by atoms with Crippen molar-refractivity contribution >= 4 is 21.5 Å². The second-order valence-corrected chi connectivity index (χ2v) is 6.57. The first-order chi connectivity index (χ1) is 9.04. The van der Waals surface area contributed by atoms with Crippen LogP contribution < -0.4 is 10.6 Å². The summed E-state index contributed by atoms with van der Waals surface area (Å²) in [6, 6.07) is 0. The molecule has 0 saturated carbocycles. The van der Waals surface area contributed by atoms with Gasteiger partial charge in [0, 0.05) is 24.4 Å². The molecular weight excluding hydrogens is 264 g/mol. The fraction of sp³-hybridized carbons (Fsp3) is 0.667. The van der Waals surface area contributed by atoms with Crippen molar-refractivity contribution < 1.29 is 8.42 Å². The summed E-state index contributed by atoms with van der Waals surface area (Å²) >= 11 is 0. The van der Waals surface area contributed by atoms with Crippen molar-refractivity contribution in [2.24, 2.45) is 0 Å². The molecule has 0 radical (unpaired) electrons. The van der Waals surface area contributed by atoms with Gasteiger partial charge in [-0.1, -0.05) is 13.8 Å². The van der Waals surface area contributed by atoms with Gasteiger partial charge in [0.05, 0.1) is 5.75 Å². The van der Waals surface area contributed by atoms with Gasteiger partial charge < -0.3 is 10.6 Å². The van der Waals surface area contributed by atoms with E-state index in [1.165, 1.54) is 6.33 Å². The van der Waals surface area contributed by atoms with Crippen LogP contribution in [0.5, 0.6) is 0 Å². The van der Waals surface area contributed by atoms with E-state index in [0.29, 0.717) is 12.4 Å². The Kier molecular flexibility index (Phi) is 6.01. The van der Waals surface area contributed by atoms with Gasteiger partial charge in [0.1, 0.15) is 18.0 Å². The van der Waals surface area contributed by atoms with Crippen LogP contribution >= 0.6 is 0 Å². The highest BCUT2D eigenvalue weighted by Crippen LogP contribution is 2.19. The Morgan fingerprint density at radius 1 is 1.11 bits per heavy atom. The Bertz CT molecular complexity index is 502. The first-order valence-electron chi connectivity index (χ1n) is 6.56. The summed E-state index contributed by atoms with van der Waals surface area (Å²) in [4.78, 5) is 8.37. The van der Waals surface area contributed by atoms with Crippen molar-refractivity contribution in [1.82, 2.24) is 9.97 Å². The first-order valence-corrected chi connectivity index (χ1v) is 8.38. The number of hydrogen-bond acceptors (Lipinski definition) is 6. The maximum Gasteiger partial charge on any atom is 0.151 e. The fourth-order valence-corrected chi connectivity index (χ4v) is 2.39. The van der Waals surface area contributed by atoms with E-state index < -0.39 is 9.84 Å². The van der Waals surface area contributed by atoms with Crippen LogP contribution in [-0.4, -0.2) is 43.0 Å². The summed E-state index contributed by atoms with van der Waals surface area (Å²) in [5.74, 6) is 1.80. The fourth-order valence-electron chi connectivity index (χ4n) is 1.69. The Labute approximate surface area is 115 Å². The minimum absolute atomic E-state index is 0.118. The van der Waals surface area contributed by atoms with Crippen molar-refractivity contribution in [3.05, 3.63) is 11.9 Å². The zero-order valence-corrected chi connectivity index (χ0v) is 12.5. The zero-order valence-electron chi connectivity index (χ0n) is 11.7. The lowest BCUT2D eigenvalue weighted by Crippen LogP contribution is -2.19. The van der Waals surface area contributed by atoms with Crippen LogP contribution in [0, 0.1) is 0 Å². The summed E-state index contributed by atoms with van der Waals surface area (Å²) < 4.78 is 22.9. The molecule has 1 rings (SSSR count). The molecule has 1 heterocycles. The highest BCUT2D eigenvalue weighted by Gasteiger charge is 2.11. The standard InChI is InChI=1S/C12H22N4O2S/c1-4-10-11(13-5-2)15-9-16-12(10)14-7-8-19(17,18)6-3/h9H,4-8H2,1-3H3,(H2,13,14,15,16). The highest BCUT2D eigenvalue weighted by atomic mass is 32.2. The van der Waals surface area contributed by atoms with Gasteiger partial charge in [-0.15, -0.1) is 0 Å². The molecule has 0 amide bonds. The molecular formula is C12H22N4O2S. The van der Waals surface area contributed by atoms with Gasteiger partial charge in [0.15, 0.2) is 9.84 Å². The van der Waals surface area contributed by atoms with Crippen LogP contribution in [0.3, 0.4) is 0 Å². The predicted molar refractivity (Wildman–Crippen MR) is 78.4 cm³/mol. The monoisotopic (exact) mass is 286 g/mol. The molecule has 0 unspecified atom stereocenters. The number of anilines is 2. The van der Waals surface area contributed by atoms with Gasteiger partial charge in [0.2, 0.25) is 0 Å². The van der Waals surface area contributed by atoms with Crippen LogP contribution in [0.4, 0.5) is 11.6 Å². The van der Waals surface area contributed by atoms with Crippen molar-refractivity contribution in [2.75, 3.05) is 35.2 Å². The second-order valence-electron chi connectivity index (χ2n) is 4.10. The molecule has 7 heteroatoms. The van der Waals surface area contributed by atoms with E-state index >= 15 is 0 Å². The molecule has 108 valence electrons. The molecule has 0 aliphatic heterocycles. The third kappa shape index (κ3) is 4.66. The number of nitrogens with one attached hydrogen (secondary N) is 2. The van der Waals surface area contributed by atoms with Gasteiger partial charge in [-0.3, -0.25) is 0 Å². The normalized spacial score (nSPS) is 11.3. The van der Waals surface area contributed by atoms with Gasteiger partial charge in [-0.25, -0.2) is 18.4 Å². The highest BCUT2D eigenvalue weighted by molar-refractivity contribution is 7.91. The average Bonchev–Trinajstić information content (AvgIpc) is 2.39. The minimum atomic E-state index is -2.95. The third-order valence-corrected chi connectivity index (χ3v) is 4.49. The molecule has 6 nitrogen and oxygen atoms in total. The summed E-state index contributed by atoms with van der Waals surface area (Å²) in [6.45, 7) is 6.83. The van der Waals surface area contributed by atoms with Gasteiger partial charge in [0.25, 0.3) is 0 Å². The molecule has 0 atom stereocenters. The number of rotatable bonds is 8. The molecule has 0 aliphatic carbocycles. The number of aromatic nitrogens is 2. The van der Waals surface area contributed by atoms with Crippen molar-refractivity contribution in [3.8, 4) is 0 Å². The Balaban J connectivity index is 2.75. The van der Waals surface area contributed by atoms with Gasteiger partial charge >= 0.3 is 0 Å². The lowest BCUT2D eigenvalue weighted by molar-refractivity contribution is 0.597. The average molecular weight is 286 g/mol. The van der Waals surface area contributed by atoms with E-state index in [0.717, 1.165) is 24.3 Å². The first kappa shape index (κ1) is 15.7. The minimum Gasteiger partial charge on any atom is -0.370 e. The Morgan fingerprint density at radius 3 is 2.26 bits per heavy atom. The SMILES string of the molecule is CCNc1ncnc(NCCS(=O)(=O)CC)c1CC. The van der Waals surface area contributed by atoms with Crippen LogP contribution in [0.15, 0.2) is 6.33 Å². The molecule has 2 N–H and O–H groups in total. The van der Waals surface area contributed by atoms with Crippen LogP contribution in [0.1, 0.15) is 26.3 Å². The quantitative estimate of drug-likeness (QED) is 0.750. The van der Waals surface area contributed by atoms with Crippen LogP contribution in [0.2, 0.25) is 0 Å². The topological polar surface area (TPSA) is 84.0 Å². The predicted octanol–water partition coefficient (Wildman–Crippen LogP) is 1.32. The van der Waals surface area contributed by atoms with Crippen molar-refractivity contribution in [1.29, 1.82) is 0 Å². The van der Waals surface area contributed by atoms with E-state index in [4.69, 9.17) is 0 Å². The zero-order chi connectivity index (χ0) is 14.3. The molecule has 0 spiro atoms. The lowest BCUT2D eigenvalue weighted by Gasteiger charge is -2.13. The van der Waals surface area contributed by atoms with E-state index in [1.807, 2.05) is 13.8 Å². The second kappa shape index (κ2) is 7.28. The molecule has 0 aliphatic rings.